The van der Waals surface area contributed by atoms with Crippen molar-refractivity contribution in [2.24, 2.45) is 0 Å². The molecule has 0 saturated heterocycles. The van der Waals surface area contributed by atoms with E-state index in [1.807, 2.05) is 24.3 Å². The lowest BCUT2D eigenvalue weighted by Gasteiger charge is -2.31. The lowest BCUT2D eigenvalue weighted by molar-refractivity contribution is 0.0935. The molecule has 1 unspecified atom stereocenters. The number of sulfone groups is 1. The normalized spacial score (nSPS) is 12.8. The summed E-state index contributed by atoms with van der Waals surface area (Å²) in [5.74, 6) is -0.235. The molecule has 2 aromatic rings. The number of likely N-dealkylation sites (N-methyl/N-ethyl adjacent to an activating group) is 1. The van der Waals surface area contributed by atoms with Crippen molar-refractivity contribution in [3.05, 3.63) is 70.2 Å². The second kappa shape index (κ2) is 10.0. The Morgan fingerprint density at radius 3 is 2.21 bits per heavy atom. The monoisotopic (exact) mass is 422 g/mol. The van der Waals surface area contributed by atoms with Gasteiger partial charge in [-0.2, -0.15) is 0 Å². The number of hydrogen-bond acceptors (Lipinski definition) is 4. The van der Waals surface area contributed by atoms with Crippen molar-refractivity contribution in [1.29, 1.82) is 0 Å². The van der Waals surface area contributed by atoms with Crippen LogP contribution in [0.4, 0.5) is 0 Å². The second-order valence-corrected chi connectivity index (χ2v) is 9.28. The Balaban J connectivity index is 2.12. The summed E-state index contributed by atoms with van der Waals surface area (Å²) in [5.41, 5.74) is 2.14. The van der Waals surface area contributed by atoms with E-state index in [-0.39, 0.29) is 17.7 Å². The molecule has 0 heterocycles. The highest BCUT2D eigenvalue weighted by Gasteiger charge is 2.21. The molecule has 0 radical (unpaired) electrons. The zero-order valence-electron chi connectivity index (χ0n) is 16.5. The lowest BCUT2D eigenvalue weighted by Crippen LogP contribution is -2.38. The van der Waals surface area contributed by atoms with Crippen LogP contribution < -0.4 is 5.32 Å². The van der Waals surface area contributed by atoms with E-state index in [4.69, 9.17) is 11.6 Å². The summed E-state index contributed by atoms with van der Waals surface area (Å²) >= 11 is 6.39. The maximum Gasteiger partial charge on any atom is 0.251 e. The number of amides is 1. The molecule has 0 aromatic heterocycles. The first-order chi connectivity index (χ1) is 13.2. The molecule has 0 spiro atoms. The van der Waals surface area contributed by atoms with Gasteiger partial charge in [-0.15, -0.1) is 0 Å². The van der Waals surface area contributed by atoms with Crippen molar-refractivity contribution < 1.29 is 13.2 Å². The Bertz CT molecular complexity index is 894. The van der Waals surface area contributed by atoms with Crippen LogP contribution in [-0.2, 0) is 15.6 Å². The van der Waals surface area contributed by atoms with Gasteiger partial charge in [0.05, 0.1) is 11.8 Å². The number of nitrogens with one attached hydrogen (secondary N) is 1. The topological polar surface area (TPSA) is 66.5 Å². The van der Waals surface area contributed by atoms with Crippen molar-refractivity contribution in [2.45, 2.75) is 25.6 Å². The summed E-state index contributed by atoms with van der Waals surface area (Å²) < 4.78 is 22.8. The third-order valence-electron chi connectivity index (χ3n) is 4.62. The van der Waals surface area contributed by atoms with Crippen molar-refractivity contribution in [3.63, 3.8) is 0 Å². The van der Waals surface area contributed by atoms with Crippen LogP contribution in [0.15, 0.2) is 48.5 Å². The van der Waals surface area contributed by atoms with Gasteiger partial charge in [-0.05, 0) is 42.4 Å². The minimum absolute atomic E-state index is 0.0304. The number of nitrogens with zero attached hydrogens (tertiary/aromatic N) is 1. The number of carbonyl (C=O) groups excluding carboxylic acids is 1. The van der Waals surface area contributed by atoms with Gasteiger partial charge in [-0.1, -0.05) is 55.8 Å². The molecule has 1 atom stereocenters. The van der Waals surface area contributed by atoms with Crippen LogP contribution in [0.1, 0.15) is 41.4 Å². The fraction of sp³-hybridized carbons (Fsp3) is 0.381. The molecule has 5 nitrogen and oxygen atoms in total. The zero-order valence-corrected chi connectivity index (χ0v) is 18.1. The Kier molecular flexibility index (Phi) is 8.04. The third-order valence-corrected chi connectivity index (χ3v) is 5.82. The van der Waals surface area contributed by atoms with Crippen LogP contribution in [0.5, 0.6) is 0 Å². The predicted octanol–water partition coefficient (Wildman–Crippen LogP) is 3.70. The molecule has 0 aliphatic rings. The maximum atomic E-state index is 12.6. The molecule has 0 aliphatic heterocycles. The predicted molar refractivity (Wildman–Crippen MR) is 114 cm³/mol. The van der Waals surface area contributed by atoms with Crippen molar-refractivity contribution in [2.75, 3.05) is 25.9 Å². The van der Waals surface area contributed by atoms with Crippen molar-refractivity contribution in [3.8, 4) is 0 Å². The Hall–Kier alpha value is -1.89. The minimum Gasteiger partial charge on any atom is -0.350 e. The highest BCUT2D eigenvalue weighted by molar-refractivity contribution is 7.89. The highest BCUT2D eigenvalue weighted by atomic mass is 35.5. The number of hydrogen-bond donors (Lipinski definition) is 1. The van der Waals surface area contributed by atoms with Gasteiger partial charge in [-0.25, -0.2) is 8.42 Å². The number of halogens is 1. The van der Waals surface area contributed by atoms with Crippen molar-refractivity contribution in [1.82, 2.24) is 10.2 Å². The molecule has 1 N–H and O–H groups in total. The summed E-state index contributed by atoms with van der Waals surface area (Å²) in [6, 6.07) is 14.3. The Labute approximate surface area is 172 Å². The number of benzene rings is 2. The first-order valence-corrected chi connectivity index (χ1v) is 11.7. The molecule has 1 amide bonds. The largest absolute Gasteiger partial charge is 0.350 e. The van der Waals surface area contributed by atoms with E-state index in [1.54, 1.807) is 24.3 Å². The van der Waals surface area contributed by atoms with Gasteiger partial charge in [0, 0.05) is 23.4 Å². The summed E-state index contributed by atoms with van der Waals surface area (Å²) in [7, 11) is -3.10. The van der Waals surface area contributed by atoms with E-state index in [2.05, 4.69) is 24.1 Å². The van der Waals surface area contributed by atoms with Crippen LogP contribution in [0.3, 0.4) is 0 Å². The van der Waals surface area contributed by atoms with Crippen LogP contribution in [0, 0.1) is 0 Å². The van der Waals surface area contributed by atoms with Gasteiger partial charge >= 0.3 is 0 Å². The summed E-state index contributed by atoms with van der Waals surface area (Å²) in [5, 5.41) is 3.66. The quantitative estimate of drug-likeness (QED) is 0.669. The first-order valence-electron chi connectivity index (χ1n) is 9.28. The van der Waals surface area contributed by atoms with Gasteiger partial charge in [0.2, 0.25) is 0 Å². The number of carbonyl (C=O) groups is 1. The molecule has 0 bridgehead atoms. The third kappa shape index (κ3) is 6.33. The minimum atomic E-state index is -3.10. The number of rotatable bonds is 9. The molecule has 2 rings (SSSR count). The van der Waals surface area contributed by atoms with E-state index in [1.165, 1.54) is 6.26 Å². The van der Waals surface area contributed by atoms with E-state index >= 15 is 0 Å². The first kappa shape index (κ1) is 22.4. The van der Waals surface area contributed by atoms with Crippen LogP contribution >= 0.6 is 11.6 Å². The molecule has 152 valence electrons. The maximum absolute atomic E-state index is 12.6. The molecule has 7 heteroatoms. The van der Waals surface area contributed by atoms with Gasteiger partial charge in [0.15, 0.2) is 9.84 Å². The SMILES string of the molecule is CCN(CC)C(CNC(=O)c1ccc(CS(C)(=O)=O)cc1)c1ccccc1Cl. The molecule has 2 aromatic carbocycles. The summed E-state index contributed by atoms with van der Waals surface area (Å²) in [4.78, 5) is 14.8. The summed E-state index contributed by atoms with van der Waals surface area (Å²) in [6.07, 6.45) is 1.19. The van der Waals surface area contributed by atoms with E-state index in [9.17, 15) is 13.2 Å². The fourth-order valence-electron chi connectivity index (χ4n) is 3.19. The average molecular weight is 423 g/mol. The average Bonchev–Trinajstić information content (AvgIpc) is 2.65. The van der Waals surface area contributed by atoms with Crippen LogP contribution in [-0.4, -0.2) is 45.1 Å². The highest BCUT2D eigenvalue weighted by Crippen LogP contribution is 2.27. The van der Waals surface area contributed by atoms with Crippen LogP contribution in [0.2, 0.25) is 5.02 Å². The van der Waals surface area contributed by atoms with Gasteiger partial charge in [-0.3, -0.25) is 9.69 Å². The fourth-order valence-corrected chi connectivity index (χ4v) is 4.25. The lowest BCUT2D eigenvalue weighted by atomic mass is 10.0. The zero-order chi connectivity index (χ0) is 20.7. The molecule has 0 aliphatic carbocycles. The van der Waals surface area contributed by atoms with Crippen LogP contribution in [0.25, 0.3) is 0 Å². The van der Waals surface area contributed by atoms with E-state index in [0.29, 0.717) is 22.7 Å². The molecule has 28 heavy (non-hydrogen) atoms. The van der Waals surface area contributed by atoms with Gasteiger partial charge in [0.25, 0.3) is 5.91 Å². The molecular formula is C21H27ClN2O3S. The van der Waals surface area contributed by atoms with Gasteiger partial charge in [0.1, 0.15) is 0 Å². The molecule has 0 fully saturated rings. The van der Waals surface area contributed by atoms with E-state index in [0.717, 1.165) is 18.7 Å². The Morgan fingerprint density at radius 1 is 1.07 bits per heavy atom. The molecular weight excluding hydrogens is 396 g/mol. The second-order valence-electron chi connectivity index (χ2n) is 6.74. The molecule has 0 saturated carbocycles. The van der Waals surface area contributed by atoms with Crippen molar-refractivity contribution >= 4 is 27.3 Å². The Morgan fingerprint density at radius 2 is 1.68 bits per heavy atom. The summed E-state index contributed by atoms with van der Waals surface area (Å²) in [6.45, 7) is 6.26. The standard InChI is InChI=1S/C21H27ClN2O3S/c1-4-24(5-2)20(18-8-6-7-9-19(18)22)14-23-21(25)17-12-10-16(11-13-17)15-28(3,26)27/h6-13,20H,4-5,14-15H2,1-3H3,(H,23,25). The smallest absolute Gasteiger partial charge is 0.251 e. The van der Waals surface area contributed by atoms with Gasteiger partial charge < -0.3 is 5.32 Å². The van der Waals surface area contributed by atoms with E-state index < -0.39 is 9.84 Å².